The van der Waals surface area contributed by atoms with Crippen LogP contribution in [-0.2, 0) is 0 Å². The van der Waals surface area contributed by atoms with E-state index in [1.807, 2.05) is 5.43 Å². The van der Waals surface area contributed by atoms with Gasteiger partial charge in [-0.15, -0.1) is 0 Å². The third-order valence-electron chi connectivity index (χ3n) is 1.62. The molecule has 0 radical (unpaired) electrons. The third-order valence-corrected chi connectivity index (χ3v) is 1.93. The first kappa shape index (κ1) is 10.7. The zero-order chi connectivity index (χ0) is 10.7. The van der Waals surface area contributed by atoms with Gasteiger partial charge in [0.1, 0.15) is 0 Å². The largest absolute Gasteiger partial charge is 0.494 e. The smallest absolute Gasteiger partial charge is 0.266 e. The van der Waals surface area contributed by atoms with Crippen molar-refractivity contribution in [2.45, 2.75) is 0 Å². The number of halogens is 2. The van der Waals surface area contributed by atoms with Crippen LogP contribution < -0.4 is 16.0 Å². The second-order valence-corrected chi connectivity index (χ2v) is 2.85. The van der Waals surface area contributed by atoms with E-state index < -0.39 is 11.7 Å². The normalized spacial score (nSPS) is 9.71. The molecule has 1 aromatic carbocycles. The maximum absolute atomic E-state index is 13.1. The fourth-order valence-corrected chi connectivity index (χ4v) is 1.18. The molecule has 0 aromatic heterocycles. The summed E-state index contributed by atoms with van der Waals surface area (Å²) >= 11 is 5.69. The number of hydrogen-bond acceptors (Lipinski definition) is 3. The summed E-state index contributed by atoms with van der Waals surface area (Å²) in [6, 6.07) is 2.17. The molecule has 0 aliphatic heterocycles. The molecule has 0 fully saturated rings. The minimum Gasteiger partial charge on any atom is -0.494 e. The topological polar surface area (TPSA) is 64.3 Å². The van der Waals surface area contributed by atoms with E-state index in [2.05, 4.69) is 4.74 Å². The molecule has 1 aromatic rings. The maximum atomic E-state index is 13.1. The number of nitrogen functional groups attached to an aromatic ring is 1. The van der Waals surface area contributed by atoms with Crippen molar-refractivity contribution in [3.8, 4) is 5.75 Å². The Balaban J connectivity index is 3.21. The lowest BCUT2D eigenvalue weighted by molar-refractivity contribution is 0.0953. The fourth-order valence-electron chi connectivity index (χ4n) is 0.937. The van der Waals surface area contributed by atoms with Gasteiger partial charge in [0.05, 0.1) is 17.7 Å². The number of hydrogen-bond donors (Lipinski definition) is 2. The molecule has 0 saturated carbocycles. The van der Waals surface area contributed by atoms with Crippen LogP contribution in [0.2, 0.25) is 5.02 Å². The molecule has 76 valence electrons. The van der Waals surface area contributed by atoms with Crippen molar-refractivity contribution < 1.29 is 13.9 Å². The number of rotatable bonds is 2. The molecular weight excluding hydrogens is 211 g/mol. The molecule has 1 amide bonds. The Bertz CT molecular complexity index is 371. The van der Waals surface area contributed by atoms with Gasteiger partial charge >= 0.3 is 0 Å². The predicted octanol–water partition coefficient (Wildman–Crippen LogP) is 1.09. The van der Waals surface area contributed by atoms with Crippen LogP contribution in [0, 0.1) is 5.82 Å². The molecule has 0 heterocycles. The van der Waals surface area contributed by atoms with Gasteiger partial charge in [0, 0.05) is 6.07 Å². The predicted molar refractivity (Wildman–Crippen MR) is 49.6 cm³/mol. The standard InChI is InChI=1S/C8H8ClFN2O2/c1-14-7-3-5(9)4(2-6(7)10)8(13)12-11/h2-3H,11H2,1H3,(H,12,13). The summed E-state index contributed by atoms with van der Waals surface area (Å²) in [4.78, 5) is 11.1. The Morgan fingerprint density at radius 2 is 2.29 bits per heavy atom. The van der Waals surface area contributed by atoms with Crippen molar-refractivity contribution in [3.63, 3.8) is 0 Å². The van der Waals surface area contributed by atoms with E-state index in [1.54, 1.807) is 0 Å². The van der Waals surface area contributed by atoms with Gasteiger partial charge in [0.25, 0.3) is 5.91 Å². The Morgan fingerprint density at radius 3 is 2.79 bits per heavy atom. The number of methoxy groups -OCH3 is 1. The minimum absolute atomic E-state index is 0.0245. The highest BCUT2D eigenvalue weighted by molar-refractivity contribution is 6.34. The Kier molecular flexibility index (Phi) is 3.27. The summed E-state index contributed by atoms with van der Waals surface area (Å²) in [7, 11) is 1.30. The van der Waals surface area contributed by atoms with Crippen molar-refractivity contribution in [1.29, 1.82) is 0 Å². The summed E-state index contributed by atoms with van der Waals surface area (Å²) in [5, 5.41) is 0.0752. The van der Waals surface area contributed by atoms with Crippen LogP contribution in [0.3, 0.4) is 0 Å². The van der Waals surface area contributed by atoms with E-state index in [9.17, 15) is 9.18 Å². The quantitative estimate of drug-likeness (QED) is 0.444. The Labute approximate surface area is 84.8 Å². The number of benzene rings is 1. The lowest BCUT2D eigenvalue weighted by atomic mass is 10.2. The molecule has 4 nitrogen and oxygen atoms in total. The van der Waals surface area contributed by atoms with Gasteiger partial charge in [-0.25, -0.2) is 10.2 Å². The number of nitrogens with one attached hydrogen (secondary N) is 1. The van der Waals surface area contributed by atoms with Crippen LogP contribution in [0.5, 0.6) is 5.75 Å². The first-order valence-electron chi connectivity index (χ1n) is 3.64. The zero-order valence-electron chi connectivity index (χ0n) is 7.30. The highest BCUT2D eigenvalue weighted by atomic mass is 35.5. The third kappa shape index (κ3) is 1.94. The molecule has 0 atom stereocenters. The first-order chi connectivity index (χ1) is 6.60. The van der Waals surface area contributed by atoms with Gasteiger partial charge in [0.15, 0.2) is 11.6 Å². The average Bonchev–Trinajstić information content (AvgIpc) is 2.19. The van der Waals surface area contributed by atoms with Gasteiger partial charge < -0.3 is 4.74 Å². The van der Waals surface area contributed by atoms with E-state index in [1.165, 1.54) is 13.2 Å². The van der Waals surface area contributed by atoms with Gasteiger partial charge in [-0.05, 0) is 6.07 Å². The summed E-state index contributed by atoms with van der Waals surface area (Å²) in [5.41, 5.74) is 1.82. The molecule has 0 spiro atoms. The van der Waals surface area contributed by atoms with Crippen molar-refractivity contribution in [3.05, 3.63) is 28.5 Å². The van der Waals surface area contributed by atoms with Gasteiger partial charge in [-0.1, -0.05) is 11.6 Å². The molecule has 0 saturated heterocycles. The second kappa shape index (κ2) is 4.26. The summed E-state index contributed by atoms with van der Waals surface area (Å²) < 4.78 is 17.8. The number of hydrazine groups is 1. The molecule has 0 aliphatic carbocycles. The van der Waals surface area contributed by atoms with Crippen molar-refractivity contribution in [1.82, 2.24) is 5.43 Å². The lowest BCUT2D eigenvalue weighted by Crippen LogP contribution is -2.30. The second-order valence-electron chi connectivity index (χ2n) is 2.44. The number of amides is 1. The molecule has 0 unspecified atom stereocenters. The van der Waals surface area contributed by atoms with Crippen LogP contribution in [0.4, 0.5) is 4.39 Å². The molecule has 14 heavy (non-hydrogen) atoms. The van der Waals surface area contributed by atoms with E-state index in [0.717, 1.165) is 6.07 Å². The van der Waals surface area contributed by atoms with Gasteiger partial charge in [0.2, 0.25) is 0 Å². The number of carbonyl (C=O) groups is 1. The average molecular weight is 219 g/mol. The maximum Gasteiger partial charge on any atom is 0.266 e. The number of ether oxygens (including phenoxy) is 1. The molecule has 3 N–H and O–H groups in total. The van der Waals surface area contributed by atoms with E-state index in [0.29, 0.717) is 0 Å². The molecular formula is C8H8ClFN2O2. The van der Waals surface area contributed by atoms with Crippen molar-refractivity contribution in [2.24, 2.45) is 5.84 Å². The Morgan fingerprint density at radius 1 is 1.64 bits per heavy atom. The van der Waals surface area contributed by atoms with Gasteiger partial charge in [-0.2, -0.15) is 0 Å². The van der Waals surface area contributed by atoms with E-state index in [-0.39, 0.29) is 16.3 Å². The molecule has 0 aliphatic rings. The highest BCUT2D eigenvalue weighted by Crippen LogP contribution is 2.25. The summed E-state index contributed by atoms with van der Waals surface area (Å²) in [6.45, 7) is 0. The summed E-state index contributed by atoms with van der Waals surface area (Å²) in [6.07, 6.45) is 0. The van der Waals surface area contributed by atoms with Crippen LogP contribution in [0.1, 0.15) is 10.4 Å². The molecule has 1 rings (SSSR count). The van der Waals surface area contributed by atoms with Crippen molar-refractivity contribution in [2.75, 3.05) is 7.11 Å². The van der Waals surface area contributed by atoms with Crippen LogP contribution in [0.25, 0.3) is 0 Å². The minimum atomic E-state index is -0.671. The highest BCUT2D eigenvalue weighted by Gasteiger charge is 2.13. The lowest BCUT2D eigenvalue weighted by Gasteiger charge is -2.06. The SMILES string of the molecule is COc1cc(Cl)c(C(=O)NN)cc1F. The monoisotopic (exact) mass is 218 g/mol. The first-order valence-corrected chi connectivity index (χ1v) is 4.02. The van der Waals surface area contributed by atoms with E-state index in [4.69, 9.17) is 17.4 Å². The fraction of sp³-hybridized carbons (Fsp3) is 0.125. The van der Waals surface area contributed by atoms with Crippen LogP contribution in [-0.4, -0.2) is 13.0 Å². The number of carbonyl (C=O) groups excluding carboxylic acids is 1. The summed E-state index contributed by atoms with van der Waals surface area (Å²) in [5.74, 6) is 3.53. The van der Waals surface area contributed by atoms with Gasteiger partial charge in [-0.3, -0.25) is 10.2 Å². The van der Waals surface area contributed by atoms with Crippen molar-refractivity contribution >= 4 is 17.5 Å². The van der Waals surface area contributed by atoms with E-state index >= 15 is 0 Å². The molecule has 6 heteroatoms. The zero-order valence-corrected chi connectivity index (χ0v) is 8.06. The van der Waals surface area contributed by atoms with Crippen LogP contribution in [0.15, 0.2) is 12.1 Å². The Hall–Kier alpha value is -1.33. The number of nitrogens with two attached hydrogens (primary N) is 1. The molecule has 0 bridgehead atoms. The van der Waals surface area contributed by atoms with Crippen LogP contribution >= 0.6 is 11.6 Å².